The van der Waals surface area contributed by atoms with Crippen molar-refractivity contribution in [3.8, 4) is 0 Å². The molecule has 1 fully saturated rings. The molecule has 1 saturated heterocycles. The summed E-state index contributed by atoms with van der Waals surface area (Å²) >= 11 is 6.01. The van der Waals surface area contributed by atoms with E-state index >= 15 is 0 Å². The van der Waals surface area contributed by atoms with Gasteiger partial charge in [-0.15, -0.1) is 0 Å². The standard InChI is InChI=1S/C13H18BClN2O3/c1-12(2)13(3,4)20-14(19-12)10-5-8(6-11(16)18)9(15)7-17-10/h5,7H,6H2,1-4H3,(H2,16,18). The molecule has 20 heavy (non-hydrogen) atoms. The molecule has 0 spiro atoms. The fraction of sp³-hybridized carbons (Fsp3) is 0.538. The van der Waals surface area contributed by atoms with Gasteiger partial charge < -0.3 is 15.0 Å². The molecule has 108 valence electrons. The molecule has 7 heteroatoms. The van der Waals surface area contributed by atoms with E-state index in [9.17, 15) is 4.79 Å². The highest BCUT2D eigenvalue weighted by Gasteiger charge is 2.52. The first-order valence-corrected chi connectivity index (χ1v) is 6.78. The van der Waals surface area contributed by atoms with Crippen molar-refractivity contribution in [2.75, 3.05) is 0 Å². The van der Waals surface area contributed by atoms with Crippen LogP contribution in [0, 0.1) is 0 Å². The summed E-state index contributed by atoms with van der Waals surface area (Å²) in [6.07, 6.45) is 1.55. The number of hydrogen-bond acceptors (Lipinski definition) is 4. The van der Waals surface area contributed by atoms with Gasteiger partial charge in [-0.2, -0.15) is 0 Å². The Morgan fingerprint density at radius 2 is 1.90 bits per heavy atom. The van der Waals surface area contributed by atoms with Crippen LogP contribution in [0.3, 0.4) is 0 Å². The molecule has 0 bridgehead atoms. The third-order valence-corrected chi connectivity index (χ3v) is 4.16. The van der Waals surface area contributed by atoms with Gasteiger partial charge in [0.1, 0.15) is 0 Å². The first kappa shape index (κ1) is 15.3. The SMILES string of the molecule is CC1(C)OB(c2cc(CC(N)=O)c(Cl)cn2)OC1(C)C. The van der Waals surface area contributed by atoms with Gasteiger partial charge in [-0.1, -0.05) is 11.6 Å². The quantitative estimate of drug-likeness (QED) is 0.847. The molecule has 0 aromatic carbocycles. The summed E-state index contributed by atoms with van der Waals surface area (Å²) < 4.78 is 11.8. The number of carbonyl (C=O) groups is 1. The Balaban J connectivity index is 2.29. The molecule has 1 aliphatic heterocycles. The van der Waals surface area contributed by atoms with Gasteiger partial charge in [-0.25, -0.2) is 0 Å². The minimum absolute atomic E-state index is 0.0634. The van der Waals surface area contributed by atoms with Crippen LogP contribution in [-0.4, -0.2) is 29.2 Å². The molecule has 5 nitrogen and oxygen atoms in total. The Morgan fingerprint density at radius 1 is 1.35 bits per heavy atom. The maximum atomic E-state index is 11.0. The number of amides is 1. The Labute approximate surface area is 123 Å². The lowest BCUT2D eigenvalue weighted by molar-refractivity contribution is -0.117. The summed E-state index contributed by atoms with van der Waals surface area (Å²) in [6.45, 7) is 7.86. The molecule has 1 amide bonds. The monoisotopic (exact) mass is 296 g/mol. The molecule has 1 aromatic heterocycles. The van der Waals surface area contributed by atoms with Crippen LogP contribution in [-0.2, 0) is 20.5 Å². The Bertz CT molecular complexity index is 532. The summed E-state index contributed by atoms with van der Waals surface area (Å²) in [5, 5.41) is 0.407. The number of primary amides is 1. The minimum atomic E-state index is -0.580. The van der Waals surface area contributed by atoms with E-state index in [1.54, 1.807) is 6.07 Å². The normalized spacial score (nSPS) is 20.1. The predicted octanol–water partition coefficient (Wildman–Crippen LogP) is 1.06. The van der Waals surface area contributed by atoms with Crippen LogP contribution in [0.25, 0.3) is 0 Å². The average Bonchev–Trinajstić information content (AvgIpc) is 2.50. The van der Waals surface area contributed by atoms with Gasteiger partial charge in [0.05, 0.1) is 28.2 Å². The third-order valence-electron chi connectivity index (χ3n) is 3.82. The summed E-state index contributed by atoms with van der Waals surface area (Å²) in [7, 11) is -0.580. The van der Waals surface area contributed by atoms with Gasteiger partial charge in [0.15, 0.2) is 0 Å². The van der Waals surface area contributed by atoms with Gasteiger partial charge in [0.2, 0.25) is 5.91 Å². The maximum Gasteiger partial charge on any atom is 0.514 e. The van der Waals surface area contributed by atoms with Crippen molar-refractivity contribution in [2.45, 2.75) is 45.3 Å². The molecule has 0 atom stereocenters. The molecule has 0 aliphatic carbocycles. The molecule has 0 unspecified atom stereocenters. The number of hydrogen-bond donors (Lipinski definition) is 1. The largest absolute Gasteiger partial charge is 0.514 e. The van der Waals surface area contributed by atoms with E-state index in [-0.39, 0.29) is 6.42 Å². The smallest absolute Gasteiger partial charge is 0.398 e. The van der Waals surface area contributed by atoms with E-state index in [0.717, 1.165) is 0 Å². The van der Waals surface area contributed by atoms with Crippen LogP contribution in [0.5, 0.6) is 0 Å². The number of aromatic nitrogens is 1. The number of nitrogens with two attached hydrogens (primary N) is 1. The van der Waals surface area contributed by atoms with Crippen LogP contribution in [0.2, 0.25) is 5.02 Å². The van der Waals surface area contributed by atoms with Crippen molar-refractivity contribution < 1.29 is 14.1 Å². The van der Waals surface area contributed by atoms with Gasteiger partial charge >= 0.3 is 7.12 Å². The van der Waals surface area contributed by atoms with E-state index < -0.39 is 24.2 Å². The van der Waals surface area contributed by atoms with E-state index in [2.05, 4.69) is 4.98 Å². The summed E-state index contributed by atoms with van der Waals surface area (Å²) in [6, 6.07) is 1.70. The van der Waals surface area contributed by atoms with Crippen molar-refractivity contribution in [1.29, 1.82) is 0 Å². The van der Waals surface area contributed by atoms with E-state index in [4.69, 9.17) is 26.6 Å². The molecule has 1 aromatic rings. The van der Waals surface area contributed by atoms with E-state index in [0.29, 0.717) is 16.2 Å². The molecule has 0 saturated carbocycles. The summed E-state index contributed by atoms with van der Waals surface area (Å²) in [5.41, 5.74) is 5.53. The van der Waals surface area contributed by atoms with Crippen LogP contribution in [0.1, 0.15) is 33.3 Å². The molecular formula is C13H18BClN2O3. The number of nitrogens with zero attached hydrogens (tertiary/aromatic N) is 1. The fourth-order valence-corrected chi connectivity index (χ4v) is 2.08. The van der Waals surface area contributed by atoms with Crippen LogP contribution in [0.4, 0.5) is 0 Å². The Hall–Kier alpha value is -1.11. The molecule has 1 aliphatic rings. The number of halogens is 1. The van der Waals surface area contributed by atoms with Gasteiger partial charge in [-0.05, 0) is 39.3 Å². The second-order valence-electron chi connectivity index (χ2n) is 5.93. The van der Waals surface area contributed by atoms with Crippen LogP contribution >= 0.6 is 11.6 Å². The van der Waals surface area contributed by atoms with Crippen molar-refractivity contribution in [3.05, 3.63) is 22.8 Å². The topological polar surface area (TPSA) is 74.4 Å². The van der Waals surface area contributed by atoms with Gasteiger partial charge in [-0.3, -0.25) is 9.78 Å². The number of pyridine rings is 1. The number of carbonyl (C=O) groups excluding carboxylic acids is 1. The maximum absolute atomic E-state index is 11.0. The lowest BCUT2D eigenvalue weighted by Gasteiger charge is -2.32. The average molecular weight is 297 g/mol. The summed E-state index contributed by atoms with van der Waals surface area (Å²) in [4.78, 5) is 15.3. The highest BCUT2D eigenvalue weighted by atomic mass is 35.5. The van der Waals surface area contributed by atoms with Crippen LogP contribution in [0.15, 0.2) is 12.3 Å². The molecule has 2 heterocycles. The molecule has 2 N–H and O–H groups in total. The highest BCUT2D eigenvalue weighted by molar-refractivity contribution is 6.61. The zero-order chi connectivity index (χ0) is 15.1. The first-order chi connectivity index (χ1) is 9.12. The predicted molar refractivity (Wildman–Crippen MR) is 77.9 cm³/mol. The summed E-state index contributed by atoms with van der Waals surface area (Å²) in [5.74, 6) is -0.446. The van der Waals surface area contributed by atoms with Gasteiger partial charge in [0, 0.05) is 6.20 Å². The van der Waals surface area contributed by atoms with Crippen molar-refractivity contribution >= 4 is 30.2 Å². The zero-order valence-electron chi connectivity index (χ0n) is 12.1. The lowest BCUT2D eigenvalue weighted by Crippen LogP contribution is -2.41. The highest BCUT2D eigenvalue weighted by Crippen LogP contribution is 2.36. The van der Waals surface area contributed by atoms with Crippen LogP contribution < -0.4 is 11.3 Å². The third kappa shape index (κ3) is 2.82. The van der Waals surface area contributed by atoms with Crippen molar-refractivity contribution in [1.82, 2.24) is 4.98 Å². The minimum Gasteiger partial charge on any atom is -0.398 e. The Morgan fingerprint density at radius 3 is 2.40 bits per heavy atom. The molecular weight excluding hydrogens is 278 g/mol. The zero-order valence-corrected chi connectivity index (χ0v) is 12.8. The van der Waals surface area contributed by atoms with Crippen molar-refractivity contribution in [3.63, 3.8) is 0 Å². The number of rotatable bonds is 3. The Kier molecular flexibility index (Phi) is 3.84. The second kappa shape index (κ2) is 5.02. The van der Waals surface area contributed by atoms with E-state index in [1.165, 1.54) is 6.20 Å². The fourth-order valence-electron chi connectivity index (χ4n) is 1.91. The van der Waals surface area contributed by atoms with E-state index in [1.807, 2.05) is 27.7 Å². The van der Waals surface area contributed by atoms with Crippen molar-refractivity contribution in [2.24, 2.45) is 5.73 Å². The lowest BCUT2D eigenvalue weighted by atomic mass is 9.83. The molecule has 2 rings (SSSR count). The van der Waals surface area contributed by atoms with Gasteiger partial charge in [0.25, 0.3) is 0 Å². The first-order valence-electron chi connectivity index (χ1n) is 6.41. The second-order valence-corrected chi connectivity index (χ2v) is 6.34. The molecule has 0 radical (unpaired) electrons.